The van der Waals surface area contributed by atoms with Gasteiger partial charge in [0.1, 0.15) is 5.82 Å². The first-order valence-corrected chi connectivity index (χ1v) is 5.05. The minimum absolute atomic E-state index is 0.138. The minimum atomic E-state index is -0.671. The van der Waals surface area contributed by atoms with Crippen molar-refractivity contribution in [3.8, 4) is 0 Å². The van der Waals surface area contributed by atoms with Crippen molar-refractivity contribution in [3.63, 3.8) is 0 Å². The van der Waals surface area contributed by atoms with Crippen LogP contribution < -0.4 is 5.43 Å². The normalized spacial score (nSPS) is 10.7. The van der Waals surface area contributed by atoms with Crippen LogP contribution in [-0.4, -0.2) is 6.21 Å². The molecular formula is C13H10F2N2. The smallest absolute Gasteiger partial charge is 0.151 e. The molecule has 86 valence electrons. The fourth-order valence-corrected chi connectivity index (χ4v) is 1.30. The summed E-state index contributed by atoms with van der Waals surface area (Å²) in [5.41, 5.74) is 3.55. The zero-order chi connectivity index (χ0) is 12.1. The second kappa shape index (κ2) is 5.21. The average Bonchev–Trinajstić information content (AvgIpc) is 2.33. The maximum Gasteiger partial charge on any atom is 0.151 e. The van der Waals surface area contributed by atoms with Gasteiger partial charge in [-0.05, 0) is 17.7 Å². The second-order valence-corrected chi connectivity index (χ2v) is 3.40. The SMILES string of the molecule is Fc1ccc(N/N=C\c2ccccc2)c(F)c1. The Hall–Kier alpha value is -2.23. The van der Waals surface area contributed by atoms with E-state index in [0.717, 1.165) is 11.6 Å². The lowest BCUT2D eigenvalue weighted by atomic mass is 10.2. The summed E-state index contributed by atoms with van der Waals surface area (Å²) in [4.78, 5) is 0. The minimum Gasteiger partial charge on any atom is -0.276 e. The van der Waals surface area contributed by atoms with E-state index in [1.54, 1.807) is 6.21 Å². The number of rotatable bonds is 3. The molecule has 4 heteroatoms. The lowest BCUT2D eigenvalue weighted by Gasteiger charge is -2.01. The lowest BCUT2D eigenvalue weighted by molar-refractivity contribution is 0.585. The second-order valence-electron chi connectivity index (χ2n) is 3.40. The van der Waals surface area contributed by atoms with Crippen LogP contribution in [0.4, 0.5) is 14.5 Å². The van der Waals surface area contributed by atoms with Crippen molar-refractivity contribution in [2.24, 2.45) is 5.10 Å². The molecule has 0 aliphatic rings. The first kappa shape index (κ1) is 11.3. The number of halogens is 2. The summed E-state index contributed by atoms with van der Waals surface area (Å²) in [6.07, 6.45) is 1.56. The highest BCUT2D eigenvalue weighted by atomic mass is 19.1. The number of benzene rings is 2. The summed E-state index contributed by atoms with van der Waals surface area (Å²) >= 11 is 0. The summed E-state index contributed by atoms with van der Waals surface area (Å²) in [7, 11) is 0. The van der Waals surface area contributed by atoms with Gasteiger partial charge in [-0.2, -0.15) is 5.10 Å². The maximum atomic E-state index is 13.2. The highest BCUT2D eigenvalue weighted by Crippen LogP contribution is 2.14. The number of hydrazone groups is 1. The van der Waals surface area contributed by atoms with Crippen molar-refractivity contribution >= 4 is 11.9 Å². The van der Waals surface area contributed by atoms with Gasteiger partial charge < -0.3 is 0 Å². The molecule has 2 aromatic carbocycles. The number of nitrogens with one attached hydrogen (secondary N) is 1. The molecule has 0 bridgehead atoms. The molecule has 2 rings (SSSR count). The summed E-state index contributed by atoms with van der Waals surface area (Å²) in [5, 5.41) is 3.86. The summed E-state index contributed by atoms with van der Waals surface area (Å²) in [5.74, 6) is -1.28. The molecule has 0 unspecified atom stereocenters. The van der Waals surface area contributed by atoms with Gasteiger partial charge in [0, 0.05) is 6.07 Å². The molecule has 0 aromatic heterocycles. The van der Waals surface area contributed by atoms with Crippen LogP contribution in [0.3, 0.4) is 0 Å². The predicted octanol–water partition coefficient (Wildman–Crippen LogP) is 3.41. The number of hydrogen-bond acceptors (Lipinski definition) is 2. The van der Waals surface area contributed by atoms with Crippen LogP contribution in [0.1, 0.15) is 5.56 Å². The maximum absolute atomic E-state index is 13.2. The molecule has 0 aliphatic heterocycles. The molecule has 17 heavy (non-hydrogen) atoms. The number of anilines is 1. The average molecular weight is 232 g/mol. The molecule has 0 spiro atoms. The van der Waals surface area contributed by atoms with Gasteiger partial charge in [0.15, 0.2) is 5.82 Å². The third-order valence-corrected chi connectivity index (χ3v) is 2.13. The van der Waals surface area contributed by atoms with Crippen LogP contribution in [0, 0.1) is 11.6 Å². The molecule has 0 heterocycles. The quantitative estimate of drug-likeness (QED) is 0.636. The van der Waals surface area contributed by atoms with E-state index in [4.69, 9.17) is 0 Å². The van der Waals surface area contributed by atoms with Gasteiger partial charge in [-0.15, -0.1) is 0 Å². The molecule has 0 atom stereocenters. The van der Waals surface area contributed by atoms with Gasteiger partial charge >= 0.3 is 0 Å². The van der Waals surface area contributed by atoms with Crippen LogP contribution in [-0.2, 0) is 0 Å². The Bertz CT molecular complexity index is 524. The molecule has 0 radical (unpaired) electrons. The van der Waals surface area contributed by atoms with Crippen molar-refractivity contribution < 1.29 is 8.78 Å². The van der Waals surface area contributed by atoms with E-state index < -0.39 is 11.6 Å². The predicted molar refractivity (Wildman–Crippen MR) is 64.0 cm³/mol. The molecular weight excluding hydrogens is 222 g/mol. The van der Waals surface area contributed by atoms with Crippen molar-refractivity contribution in [2.45, 2.75) is 0 Å². The van der Waals surface area contributed by atoms with E-state index in [1.807, 2.05) is 30.3 Å². The molecule has 0 saturated carbocycles. The topological polar surface area (TPSA) is 24.4 Å². The zero-order valence-electron chi connectivity index (χ0n) is 8.90. The van der Waals surface area contributed by atoms with Crippen molar-refractivity contribution in [1.29, 1.82) is 0 Å². The van der Waals surface area contributed by atoms with Gasteiger partial charge in [0.2, 0.25) is 0 Å². The summed E-state index contributed by atoms with van der Waals surface area (Å²) in [6, 6.07) is 12.7. The fourth-order valence-electron chi connectivity index (χ4n) is 1.30. The zero-order valence-corrected chi connectivity index (χ0v) is 8.90. The van der Waals surface area contributed by atoms with Crippen molar-refractivity contribution in [3.05, 3.63) is 65.7 Å². The summed E-state index contributed by atoms with van der Waals surface area (Å²) in [6.45, 7) is 0. The van der Waals surface area contributed by atoms with E-state index in [1.165, 1.54) is 12.1 Å². The molecule has 2 aromatic rings. The van der Waals surface area contributed by atoms with Crippen LogP contribution in [0.15, 0.2) is 53.6 Å². The van der Waals surface area contributed by atoms with Crippen LogP contribution in [0.2, 0.25) is 0 Å². The van der Waals surface area contributed by atoms with Crippen molar-refractivity contribution in [1.82, 2.24) is 0 Å². The number of nitrogens with zero attached hydrogens (tertiary/aromatic N) is 1. The Balaban J connectivity index is 2.05. The van der Waals surface area contributed by atoms with Crippen LogP contribution in [0.25, 0.3) is 0 Å². The summed E-state index contributed by atoms with van der Waals surface area (Å²) < 4.78 is 25.8. The van der Waals surface area contributed by atoms with E-state index >= 15 is 0 Å². The Kier molecular flexibility index (Phi) is 3.45. The van der Waals surface area contributed by atoms with E-state index in [0.29, 0.717) is 0 Å². The van der Waals surface area contributed by atoms with Gasteiger partial charge in [-0.1, -0.05) is 30.3 Å². The van der Waals surface area contributed by atoms with Gasteiger partial charge in [0.05, 0.1) is 11.9 Å². The highest BCUT2D eigenvalue weighted by molar-refractivity contribution is 5.80. The Morgan fingerprint density at radius 2 is 1.76 bits per heavy atom. The molecule has 1 N–H and O–H groups in total. The first-order chi connectivity index (χ1) is 8.25. The first-order valence-electron chi connectivity index (χ1n) is 5.05. The largest absolute Gasteiger partial charge is 0.276 e. The van der Waals surface area contributed by atoms with Crippen LogP contribution in [0.5, 0.6) is 0 Å². The van der Waals surface area contributed by atoms with E-state index in [9.17, 15) is 8.78 Å². The highest BCUT2D eigenvalue weighted by Gasteiger charge is 2.01. The van der Waals surface area contributed by atoms with Gasteiger partial charge in [0.25, 0.3) is 0 Å². The van der Waals surface area contributed by atoms with Gasteiger partial charge in [-0.3, -0.25) is 5.43 Å². The molecule has 0 amide bonds. The standard InChI is InChI=1S/C13H10F2N2/c14-11-6-7-13(12(15)8-11)17-16-9-10-4-2-1-3-5-10/h1-9,17H/b16-9-. The Morgan fingerprint density at radius 1 is 1.00 bits per heavy atom. The Labute approximate surface area is 97.6 Å². The Morgan fingerprint density at radius 3 is 2.47 bits per heavy atom. The molecule has 0 fully saturated rings. The number of hydrogen-bond donors (Lipinski definition) is 1. The lowest BCUT2D eigenvalue weighted by Crippen LogP contribution is -1.94. The molecule has 0 saturated heterocycles. The molecule has 2 nitrogen and oxygen atoms in total. The van der Waals surface area contributed by atoms with Gasteiger partial charge in [-0.25, -0.2) is 8.78 Å². The molecule has 0 aliphatic carbocycles. The fraction of sp³-hybridized carbons (Fsp3) is 0. The third-order valence-electron chi connectivity index (χ3n) is 2.13. The van der Waals surface area contributed by atoms with E-state index in [2.05, 4.69) is 10.5 Å². The van der Waals surface area contributed by atoms with Crippen LogP contribution >= 0.6 is 0 Å². The van der Waals surface area contributed by atoms with Crippen molar-refractivity contribution in [2.75, 3.05) is 5.43 Å². The van der Waals surface area contributed by atoms with E-state index in [-0.39, 0.29) is 5.69 Å². The monoisotopic (exact) mass is 232 g/mol. The third kappa shape index (κ3) is 3.11.